The summed E-state index contributed by atoms with van der Waals surface area (Å²) >= 11 is 11.5. The summed E-state index contributed by atoms with van der Waals surface area (Å²) in [4.78, 5) is 3.87. The Balaban J connectivity index is 2.77. The average molecular weight is 284 g/mol. The maximum atomic E-state index is 10.9. The van der Waals surface area contributed by atoms with E-state index >= 15 is 0 Å². The van der Waals surface area contributed by atoms with Crippen molar-refractivity contribution in [1.82, 2.24) is 4.98 Å². The summed E-state index contributed by atoms with van der Waals surface area (Å²) in [5.74, 6) is -0.116. The lowest BCUT2D eigenvalue weighted by atomic mass is 10.2. The van der Waals surface area contributed by atoms with Gasteiger partial charge in [0, 0.05) is 12.5 Å². The second-order valence-electron chi connectivity index (χ2n) is 3.45. The fourth-order valence-corrected chi connectivity index (χ4v) is 2.29. The number of hydrogen-bond donors (Lipinski definition) is 1. The van der Waals surface area contributed by atoms with Crippen molar-refractivity contribution < 1.29 is 13.5 Å². The normalized spacial score (nSPS) is 13.8. The van der Waals surface area contributed by atoms with Gasteiger partial charge in [0.15, 0.2) is 0 Å². The number of aromatic nitrogens is 1. The molecule has 0 saturated carbocycles. The first-order valence-electron chi connectivity index (χ1n) is 4.46. The van der Waals surface area contributed by atoms with Crippen molar-refractivity contribution in [1.29, 1.82) is 0 Å². The first-order valence-corrected chi connectivity index (χ1v) is 7.28. The SMILES string of the molecule is CS(=O)(=O)CCC(O)c1ncc(Cl)cc1Cl. The summed E-state index contributed by atoms with van der Waals surface area (Å²) in [6.07, 6.45) is 1.52. The second-order valence-corrected chi connectivity index (χ2v) is 6.56. The Bertz CT molecular complexity index is 476. The first-order chi connectivity index (χ1) is 7.29. The Morgan fingerprint density at radius 3 is 2.62 bits per heavy atom. The van der Waals surface area contributed by atoms with Crippen LogP contribution in [0.3, 0.4) is 0 Å². The van der Waals surface area contributed by atoms with E-state index < -0.39 is 15.9 Å². The number of pyridine rings is 1. The molecule has 0 aliphatic heterocycles. The predicted molar refractivity (Wildman–Crippen MR) is 63.5 cm³/mol. The highest BCUT2D eigenvalue weighted by Crippen LogP contribution is 2.25. The van der Waals surface area contributed by atoms with Crippen LogP contribution in [0.15, 0.2) is 12.3 Å². The van der Waals surface area contributed by atoms with Crippen LogP contribution >= 0.6 is 23.2 Å². The fourth-order valence-electron chi connectivity index (χ4n) is 1.13. The van der Waals surface area contributed by atoms with E-state index in [1.165, 1.54) is 12.3 Å². The van der Waals surface area contributed by atoms with Crippen molar-refractivity contribution in [2.24, 2.45) is 0 Å². The van der Waals surface area contributed by atoms with E-state index in [2.05, 4.69) is 4.98 Å². The molecule has 1 unspecified atom stereocenters. The molecule has 7 heteroatoms. The van der Waals surface area contributed by atoms with Crippen molar-refractivity contribution in [2.45, 2.75) is 12.5 Å². The van der Waals surface area contributed by atoms with E-state index in [1.54, 1.807) is 0 Å². The molecule has 1 heterocycles. The number of aliphatic hydroxyl groups is 1. The van der Waals surface area contributed by atoms with Gasteiger partial charge in [-0.15, -0.1) is 0 Å². The zero-order chi connectivity index (χ0) is 12.3. The highest BCUT2D eigenvalue weighted by Gasteiger charge is 2.15. The van der Waals surface area contributed by atoms with E-state index in [9.17, 15) is 13.5 Å². The molecule has 0 saturated heterocycles. The molecular formula is C9H11Cl2NO3S. The number of rotatable bonds is 4. The number of nitrogens with zero attached hydrogens (tertiary/aromatic N) is 1. The van der Waals surface area contributed by atoms with Crippen LogP contribution in [0.1, 0.15) is 18.2 Å². The molecule has 1 rings (SSSR count). The Hall–Kier alpha value is -0.360. The minimum Gasteiger partial charge on any atom is -0.387 e. The Morgan fingerprint density at radius 2 is 2.12 bits per heavy atom. The third kappa shape index (κ3) is 4.25. The molecule has 0 spiro atoms. The summed E-state index contributed by atoms with van der Waals surface area (Å²) in [5, 5.41) is 10.3. The lowest BCUT2D eigenvalue weighted by Gasteiger charge is -2.10. The maximum Gasteiger partial charge on any atom is 0.147 e. The standard InChI is InChI=1S/C9H11Cl2NO3S/c1-16(14,15)3-2-8(13)9-7(11)4-6(10)5-12-9/h4-5,8,13H,2-3H2,1H3. The minimum atomic E-state index is -3.11. The van der Waals surface area contributed by atoms with Crippen molar-refractivity contribution in [3.8, 4) is 0 Å². The molecule has 1 atom stereocenters. The number of sulfone groups is 1. The van der Waals surface area contributed by atoms with Crippen LogP contribution in [0.2, 0.25) is 10.0 Å². The zero-order valence-electron chi connectivity index (χ0n) is 8.52. The van der Waals surface area contributed by atoms with Gasteiger partial charge < -0.3 is 5.11 Å². The van der Waals surface area contributed by atoms with Crippen molar-refractivity contribution in [2.75, 3.05) is 12.0 Å². The van der Waals surface area contributed by atoms with E-state index in [1.807, 2.05) is 0 Å². The molecule has 16 heavy (non-hydrogen) atoms. The van der Waals surface area contributed by atoms with Gasteiger partial charge in [0.25, 0.3) is 0 Å². The Morgan fingerprint density at radius 1 is 1.50 bits per heavy atom. The maximum absolute atomic E-state index is 10.9. The summed E-state index contributed by atoms with van der Waals surface area (Å²) in [6, 6.07) is 1.45. The summed E-state index contributed by atoms with van der Waals surface area (Å²) in [6.45, 7) is 0. The molecule has 1 aromatic rings. The first kappa shape index (κ1) is 13.7. The number of aliphatic hydroxyl groups excluding tert-OH is 1. The van der Waals surface area contributed by atoms with Gasteiger partial charge in [0.2, 0.25) is 0 Å². The largest absolute Gasteiger partial charge is 0.387 e. The van der Waals surface area contributed by atoms with E-state index in [-0.39, 0.29) is 22.9 Å². The smallest absolute Gasteiger partial charge is 0.147 e. The lowest BCUT2D eigenvalue weighted by Crippen LogP contribution is -2.09. The van der Waals surface area contributed by atoms with E-state index in [0.29, 0.717) is 5.02 Å². The molecule has 0 amide bonds. The fraction of sp³-hybridized carbons (Fsp3) is 0.444. The second kappa shape index (κ2) is 5.31. The van der Waals surface area contributed by atoms with Gasteiger partial charge in [0.05, 0.1) is 27.6 Å². The molecule has 1 N–H and O–H groups in total. The van der Waals surface area contributed by atoms with Gasteiger partial charge in [0.1, 0.15) is 9.84 Å². The molecule has 4 nitrogen and oxygen atoms in total. The molecule has 0 radical (unpaired) electrons. The predicted octanol–water partition coefficient (Wildman–Crippen LogP) is 1.86. The molecule has 0 fully saturated rings. The van der Waals surface area contributed by atoms with Crippen LogP contribution in [-0.4, -0.2) is 30.5 Å². The topological polar surface area (TPSA) is 67.3 Å². The molecule has 0 aromatic carbocycles. The molecule has 1 aromatic heterocycles. The average Bonchev–Trinajstić information content (AvgIpc) is 2.13. The van der Waals surface area contributed by atoms with Gasteiger partial charge in [-0.3, -0.25) is 4.98 Å². The zero-order valence-corrected chi connectivity index (χ0v) is 10.8. The molecular weight excluding hydrogens is 273 g/mol. The minimum absolute atomic E-state index is 0.0627. The summed E-state index contributed by atoms with van der Waals surface area (Å²) < 4.78 is 21.8. The highest BCUT2D eigenvalue weighted by atomic mass is 35.5. The van der Waals surface area contributed by atoms with Crippen LogP contribution in [-0.2, 0) is 9.84 Å². The van der Waals surface area contributed by atoms with Crippen LogP contribution in [0.25, 0.3) is 0 Å². The van der Waals surface area contributed by atoms with Crippen molar-refractivity contribution >= 4 is 33.0 Å². The quantitative estimate of drug-likeness (QED) is 0.916. The van der Waals surface area contributed by atoms with E-state index in [4.69, 9.17) is 23.2 Å². The summed E-state index contributed by atoms with van der Waals surface area (Å²) in [5.41, 5.74) is 0.245. The molecule has 0 aliphatic rings. The number of hydrogen-bond acceptors (Lipinski definition) is 4. The Kier molecular flexibility index (Phi) is 4.55. The van der Waals surface area contributed by atoms with Gasteiger partial charge in [-0.2, -0.15) is 0 Å². The number of halogens is 2. The van der Waals surface area contributed by atoms with E-state index in [0.717, 1.165) is 6.26 Å². The van der Waals surface area contributed by atoms with Gasteiger partial charge >= 0.3 is 0 Å². The Labute approximate surface area is 104 Å². The van der Waals surface area contributed by atoms with Crippen molar-refractivity contribution in [3.63, 3.8) is 0 Å². The molecule has 0 aliphatic carbocycles. The van der Waals surface area contributed by atoms with Gasteiger partial charge in [-0.25, -0.2) is 8.42 Å². The van der Waals surface area contributed by atoms with Crippen LogP contribution in [0, 0.1) is 0 Å². The third-order valence-corrected chi connectivity index (χ3v) is 3.40. The molecule has 0 bridgehead atoms. The lowest BCUT2D eigenvalue weighted by molar-refractivity contribution is 0.169. The monoisotopic (exact) mass is 283 g/mol. The molecule has 90 valence electrons. The van der Waals surface area contributed by atoms with Gasteiger partial charge in [-0.1, -0.05) is 23.2 Å². The highest BCUT2D eigenvalue weighted by molar-refractivity contribution is 7.90. The van der Waals surface area contributed by atoms with Gasteiger partial charge in [-0.05, 0) is 12.5 Å². The van der Waals surface area contributed by atoms with Crippen LogP contribution in [0.4, 0.5) is 0 Å². The third-order valence-electron chi connectivity index (χ3n) is 1.91. The summed E-state index contributed by atoms with van der Waals surface area (Å²) in [7, 11) is -3.11. The van der Waals surface area contributed by atoms with Crippen LogP contribution in [0.5, 0.6) is 0 Å². The van der Waals surface area contributed by atoms with Crippen molar-refractivity contribution in [3.05, 3.63) is 28.0 Å². The van der Waals surface area contributed by atoms with Crippen LogP contribution < -0.4 is 0 Å².